The summed E-state index contributed by atoms with van der Waals surface area (Å²) >= 11 is 0. The third kappa shape index (κ3) is 2.84. The molecule has 0 atom stereocenters. The maximum Gasteiger partial charge on any atom is 0.258 e. The molecule has 0 aliphatic heterocycles. The number of rotatable bonds is 5. The Morgan fingerprint density at radius 1 is 1.20 bits per heavy atom. The summed E-state index contributed by atoms with van der Waals surface area (Å²) in [6, 6.07) is 9.97. The van der Waals surface area contributed by atoms with Crippen molar-refractivity contribution in [1.82, 2.24) is 4.57 Å². The highest BCUT2D eigenvalue weighted by Gasteiger charge is 2.09. The molecule has 1 aromatic carbocycles. The average Bonchev–Trinajstić information content (AvgIpc) is 2.47. The Morgan fingerprint density at radius 3 is 2.65 bits per heavy atom. The molecule has 2 aromatic rings. The molecule has 20 heavy (non-hydrogen) atoms. The van der Waals surface area contributed by atoms with Crippen LogP contribution in [0.4, 0.5) is 0 Å². The molecule has 0 spiro atoms. The maximum absolute atomic E-state index is 12.5. The molecule has 2 rings (SSSR count). The van der Waals surface area contributed by atoms with Gasteiger partial charge in [-0.25, -0.2) is 0 Å². The van der Waals surface area contributed by atoms with Crippen LogP contribution in [-0.4, -0.2) is 4.57 Å². The Kier molecular flexibility index (Phi) is 4.78. The molecule has 1 aromatic heterocycles. The lowest BCUT2D eigenvalue weighted by Gasteiger charge is -2.13. The van der Waals surface area contributed by atoms with Gasteiger partial charge in [0, 0.05) is 18.1 Å². The summed E-state index contributed by atoms with van der Waals surface area (Å²) in [6.07, 6.45) is 6.60. The molecule has 106 valence electrons. The first-order chi connectivity index (χ1) is 9.69. The third-order valence-electron chi connectivity index (χ3n) is 3.68. The molecule has 0 amide bonds. The van der Waals surface area contributed by atoms with Crippen LogP contribution in [0.25, 0.3) is 16.3 Å². The zero-order valence-electron chi connectivity index (χ0n) is 12.6. The van der Waals surface area contributed by atoms with E-state index < -0.39 is 0 Å². The number of hydrogen-bond donors (Lipinski definition) is 0. The second-order valence-electron chi connectivity index (χ2n) is 5.25. The summed E-state index contributed by atoms with van der Waals surface area (Å²) in [5.74, 6) is 0. The van der Waals surface area contributed by atoms with Gasteiger partial charge in [0.2, 0.25) is 0 Å². The van der Waals surface area contributed by atoms with Gasteiger partial charge in [-0.2, -0.15) is 0 Å². The van der Waals surface area contributed by atoms with E-state index in [1.807, 2.05) is 31.3 Å². The number of aromatic nitrogens is 1. The van der Waals surface area contributed by atoms with Gasteiger partial charge in [0.1, 0.15) is 0 Å². The Balaban J connectivity index is 2.63. The van der Waals surface area contributed by atoms with E-state index in [1.54, 1.807) is 4.57 Å². The van der Waals surface area contributed by atoms with E-state index in [9.17, 15) is 4.79 Å². The van der Waals surface area contributed by atoms with E-state index in [0.717, 1.165) is 42.1 Å². The number of unbranched alkanes of at least 4 members (excludes halogenated alkanes) is 1. The predicted octanol–water partition coefficient (Wildman–Crippen LogP) is 4.52. The molecule has 2 heteroatoms. The van der Waals surface area contributed by atoms with Crippen LogP contribution >= 0.6 is 0 Å². The van der Waals surface area contributed by atoms with E-state index in [1.165, 1.54) is 5.57 Å². The highest BCUT2D eigenvalue weighted by molar-refractivity contribution is 5.84. The van der Waals surface area contributed by atoms with Crippen molar-refractivity contribution in [3.8, 4) is 0 Å². The van der Waals surface area contributed by atoms with Crippen molar-refractivity contribution in [3.05, 3.63) is 52.5 Å². The molecule has 0 aliphatic rings. The second-order valence-corrected chi connectivity index (χ2v) is 5.25. The molecular formula is C18H23NO. The number of nitrogens with zero attached hydrogens (tertiary/aromatic N) is 1. The molecule has 0 fully saturated rings. The molecule has 0 radical (unpaired) electrons. The fraction of sp³-hybridized carbons (Fsp3) is 0.389. The Bertz CT molecular complexity index is 679. The molecule has 0 saturated carbocycles. The van der Waals surface area contributed by atoms with Crippen molar-refractivity contribution in [1.29, 1.82) is 0 Å². The van der Waals surface area contributed by atoms with Gasteiger partial charge in [-0.15, -0.1) is 0 Å². The van der Waals surface area contributed by atoms with E-state index in [2.05, 4.69) is 26.0 Å². The van der Waals surface area contributed by atoms with Crippen molar-refractivity contribution >= 4 is 16.3 Å². The summed E-state index contributed by atoms with van der Waals surface area (Å²) in [6.45, 7) is 4.36. The quantitative estimate of drug-likeness (QED) is 0.782. The van der Waals surface area contributed by atoms with Crippen molar-refractivity contribution in [2.45, 2.75) is 39.5 Å². The van der Waals surface area contributed by atoms with Gasteiger partial charge in [0.25, 0.3) is 5.56 Å². The standard InChI is InChI=1S/C18H23NO/c1-4-6-10-14(9-5-2)17-13-15-11-7-8-12-16(15)18(20)19(17)3/h7-8,10-13H,4-6,9H2,1-3H3/b14-10+. The normalized spacial score (nSPS) is 12.1. The van der Waals surface area contributed by atoms with Crippen LogP contribution < -0.4 is 5.56 Å². The first kappa shape index (κ1) is 14.6. The maximum atomic E-state index is 12.5. The lowest BCUT2D eigenvalue weighted by atomic mass is 10.0. The van der Waals surface area contributed by atoms with Gasteiger partial charge in [-0.05, 0) is 35.9 Å². The first-order valence-corrected chi connectivity index (χ1v) is 7.47. The van der Waals surface area contributed by atoms with Crippen LogP contribution in [0.5, 0.6) is 0 Å². The van der Waals surface area contributed by atoms with E-state index in [-0.39, 0.29) is 5.56 Å². The highest BCUT2D eigenvalue weighted by atomic mass is 16.1. The summed E-state index contributed by atoms with van der Waals surface area (Å²) in [5.41, 5.74) is 2.44. The molecular weight excluding hydrogens is 246 g/mol. The lowest BCUT2D eigenvalue weighted by Crippen LogP contribution is -2.20. The molecule has 0 bridgehead atoms. The molecule has 1 heterocycles. The average molecular weight is 269 g/mol. The topological polar surface area (TPSA) is 22.0 Å². The van der Waals surface area contributed by atoms with E-state index >= 15 is 0 Å². The Morgan fingerprint density at radius 2 is 1.95 bits per heavy atom. The van der Waals surface area contributed by atoms with E-state index in [4.69, 9.17) is 0 Å². The van der Waals surface area contributed by atoms with Crippen LogP contribution in [0.2, 0.25) is 0 Å². The van der Waals surface area contributed by atoms with E-state index in [0.29, 0.717) is 0 Å². The molecule has 0 aliphatic carbocycles. The second kappa shape index (κ2) is 6.56. The fourth-order valence-corrected chi connectivity index (χ4v) is 2.58. The number of benzene rings is 1. The Labute approximate surface area is 120 Å². The van der Waals surface area contributed by atoms with Gasteiger partial charge in [-0.3, -0.25) is 4.79 Å². The van der Waals surface area contributed by atoms with Crippen LogP contribution in [0, 0.1) is 0 Å². The number of fused-ring (bicyclic) bond motifs is 1. The van der Waals surface area contributed by atoms with Gasteiger partial charge >= 0.3 is 0 Å². The summed E-state index contributed by atoms with van der Waals surface area (Å²) in [4.78, 5) is 12.5. The van der Waals surface area contributed by atoms with Crippen LogP contribution in [0.15, 0.2) is 41.2 Å². The van der Waals surface area contributed by atoms with Crippen molar-refractivity contribution in [2.75, 3.05) is 0 Å². The molecule has 0 N–H and O–H groups in total. The number of hydrogen-bond acceptors (Lipinski definition) is 1. The zero-order valence-corrected chi connectivity index (χ0v) is 12.6. The minimum atomic E-state index is 0.0941. The van der Waals surface area contributed by atoms with Gasteiger partial charge in [0.15, 0.2) is 0 Å². The smallest absolute Gasteiger partial charge is 0.258 e. The van der Waals surface area contributed by atoms with Crippen LogP contribution in [-0.2, 0) is 7.05 Å². The van der Waals surface area contributed by atoms with Crippen LogP contribution in [0.1, 0.15) is 45.2 Å². The largest absolute Gasteiger partial charge is 0.311 e. The van der Waals surface area contributed by atoms with Crippen molar-refractivity contribution in [3.63, 3.8) is 0 Å². The monoisotopic (exact) mass is 269 g/mol. The van der Waals surface area contributed by atoms with Gasteiger partial charge in [-0.1, -0.05) is 51.0 Å². The summed E-state index contributed by atoms with van der Waals surface area (Å²) < 4.78 is 1.79. The fourth-order valence-electron chi connectivity index (χ4n) is 2.58. The first-order valence-electron chi connectivity index (χ1n) is 7.47. The molecule has 0 unspecified atom stereocenters. The lowest BCUT2D eigenvalue weighted by molar-refractivity contribution is 0.834. The number of pyridine rings is 1. The summed E-state index contributed by atoms with van der Waals surface area (Å²) in [7, 11) is 1.87. The molecule has 2 nitrogen and oxygen atoms in total. The molecule has 0 saturated heterocycles. The summed E-state index contributed by atoms with van der Waals surface area (Å²) in [5, 5.41) is 1.83. The van der Waals surface area contributed by atoms with Crippen molar-refractivity contribution < 1.29 is 0 Å². The Hall–Kier alpha value is -1.83. The zero-order chi connectivity index (χ0) is 14.5. The van der Waals surface area contributed by atoms with Gasteiger partial charge in [0.05, 0.1) is 0 Å². The van der Waals surface area contributed by atoms with Crippen LogP contribution in [0.3, 0.4) is 0 Å². The SMILES string of the molecule is CCC/C=C(\CCC)c1cc2ccccc2c(=O)n1C. The minimum Gasteiger partial charge on any atom is -0.311 e. The minimum absolute atomic E-state index is 0.0941. The third-order valence-corrected chi connectivity index (χ3v) is 3.68. The van der Waals surface area contributed by atoms with Crippen molar-refractivity contribution in [2.24, 2.45) is 7.05 Å². The predicted molar refractivity (Wildman–Crippen MR) is 87.0 cm³/mol. The highest BCUT2D eigenvalue weighted by Crippen LogP contribution is 2.22. The number of allylic oxidation sites excluding steroid dienone is 2. The van der Waals surface area contributed by atoms with Gasteiger partial charge < -0.3 is 4.57 Å².